The molecule has 0 N–H and O–H groups in total. The van der Waals surface area contributed by atoms with Crippen LogP contribution in [0.5, 0.6) is 0 Å². The zero-order valence-corrected chi connectivity index (χ0v) is 13.1. The molecule has 0 amide bonds. The van der Waals surface area contributed by atoms with Gasteiger partial charge in [0.05, 0.1) is 5.52 Å². The Kier molecular flexibility index (Phi) is 3.47. The molecule has 1 aliphatic carbocycles. The van der Waals surface area contributed by atoms with Gasteiger partial charge in [-0.1, -0.05) is 30.7 Å². The molecule has 1 aromatic carbocycles. The number of hydrogen-bond acceptors (Lipinski definition) is 2. The smallest absolute Gasteiger partial charge is 0.0761 e. The Morgan fingerprint density at radius 2 is 2.10 bits per heavy atom. The van der Waals surface area contributed by atoms with Crippen molar-refractivity contribution in [1.82, 2.24) is 9.88 Å². The van der Waals surface area contributed by atoms with Gasteiger partial charge in [0, 0.05) is 34.8 Å². The van der Waals surface area contributed by atoms with E-state index >= 15 is 0 Å². The van der Waals surface area contributed by atoms with Gasteiger partial charge in [-0.3, -0.25) is 9.88 Å². The van der Waals surface area contributed by atoms with Gasteiger partial charge in [-0.2, -0.15) is 0 Å². The van der Waals surface area contributed by atoms with Crippen LogP contribution < -0.4 is 0 Å². The van der Waals surface area contributed by atoms with E-state index in [-0.39, 0.29) is 0 Å². The average molecular weight is 289 g/mol. The number of nitrogens with zero attached hydrogens (tertiary/aromatic N) is 2. The van der Waals surface area contributed by atoms with Gasteiger partial charge in [0.2, 0.25) is 0 Å². The van der Waals surface area contributed by atoms with Crippen LogP contribution in [-0.4, -0.2) is 23.0 Å². The van der Waals surface area contributed by atoms with E-state index in [1.54, 1.807) is 0 Å². The second-order valence-corrected chi connectivity index (χ2v) is 6.75. The highest BCUT2D eigenvalue weighted by molar-refractivity contribution is 6.32. The fourth-order valence-electron chi connectivity index (χ4n) is 2.86. The van der Waals surface area contributed by atoms with Crippen LogP contribution in [0.1, 0.15) is 32.3 Å². The van der Waals surface area contributed by atoms with Gasteiger partial charge in [-0.15, -0.1) is 0 Å². The van der Waals surface area contributed by atoms with Crippen LogP contribution in [0.4, 0.5) is 0 Å². The number of benzene rings is 1. The molecule has 3 rings (SSSR count). The lowest BCUT2D eigenvalue weighted by Crippen LogP contribution is -2.35. The van der Waals surface area contributed by atoms with E-state index in [0.29, 0.717) is 11.5 Å². The summed E-state index contributed by atoms with van der Waals surface area (Å²) in [7, 11) is 2.19. The molecule has 3 heteroatoms. The van der Waals surface area contributed by atoms with Crippen molar-refractivity contribution in [2.24, 2.45) is 5.41 Å². The third-order valence-electron chi connectivity index (χ3n) is 4.94. The predicted octanol–water partition coefficient (Wildman–Crippen LogP) is 4.51. The van der Waals surface area contributed by atoms with E-state index in [4.69, 9.17) is 11.6 Å². The van der Waals surface area contributed by atoms with Crippen molar-refractivity contribution in [1.29, 1.82) is 0 Å². The van der Waals surface area contributed by atoms with E-state index in [0.717, 1.165) is 28.0 Å². The molecule has 106 valence electrons. The summed E-state index contributed by atoms with van der Waals surface area (Å²) in [6.07, 6.45) is 4.51. The highest BCUT2D eigenvalue weighted by Gasteiger charge is 2.44. The molecule has 1 heterocycles. The molecule has 0 aliphatic heterocycles. The monoisotopic (exact) mass is 288 g/mol. The van der Waals surface area contributed by atoms with Crippen molar-refractivity contribution < 1.29 is 0 Å². The number of aromatic nitrogens is 1. The number of fused-ring (bicyclic) bond motifs is 1. The summed E-state index contributed by atoms with van der Waals surface area (Å²) < 4.78 is 0. The standard InChI is InChI=1S/C17H21ClN2/c1-12(17(2)8-9-17)20(3)11-14-15(18)7-6-13-5-4-10-19-16(13)14/h4-7,10,12H,8-9,11H2,1-3H3/t12-/m1/s1. The second kappa shape index (κ2) is 5.01. The first-order valence-electron chi connectivity index (χ1n) is 7.24. The highest BCUT2D eigenvalue weighted by Crippen LogP contribution is 2.49. The zero-order chi connectivity index (χ0) is 14.3. The van der Waals surface area contributed by atoms with Gasteiger partial charge in [-0.25, -0.2) is 0 Å². The Labute approximate surface area is 125 Å². The third kappa shape index (κ3) is 2.43. The largest absolute Gasteiger partial charge is 0.299 e. The highest BCUT2D eigenvalue weighted by atomic mass is 35.5. The van der Waals surface area contributed by atoms with Crippen molar-refractivity contribution in [2.45, 2.75) is 39.3 Å². The Morgan fingerprint density at radius 1 is 1.35 bits per heavy atom. The fourth-order valence-corrected chi connectivity index (χ4v) is 3.08. The molecule has 0 bridgehead atoms. The minimum atomic E-state index is 0.485. The molecule has 0 radical (unpaired) electrons. The quantitative estimate of drug-likeness (QED) is 0.823. The minimum absolute atomic E-state index is 0.485. The lowest BCUT2D eigenvalue weighted by molar-refractivity contribution is 0.179. The molecule has 0 unspecified atom stereocenters. The first-order valence-corrected chi connectivity index (χ1v) is 7.61. The van der Waals surface area contributed by atoms with Crippen LogP contribution >= 0.6 is 11.6 Å². The Hall–Kier alpha value is -1.12. The van der Waals surface area contributed by atoms with Crippen molar-refractivity contribution >= 4 is 22.5 Å². The van der Waals surface area contributed by atoms with Gasteiger partial charge in [0.1, 0.15) is 0 Å². The maximum absolute atomic E-state index is 6.42. The summed E-state index contributed by atoms with van der Waals surface area (Å²) in [4.78, 5) is 6.93. The number of pyridine rings is 1. The van der Waals surface area contributed by atoms with Crippen LogP contribution in [0.2, 0.25) is 5.02 Å². The van der Waals surface area contributed by atoms with Crippen molar-refractivity contribution in [3.8, 4) is 0 Å². The van der Waals surface area contributed by atoms with E-state index in [9.17, 15) is 0 Å². The summed E-state index contributed by atoms with van der Waals surface area (Å²) in [6.45, 7) is 5.54. The fraction of sp³-hybridized carbons (Fsp3) is 0.471. The summed E-state index contributed by atoms with van der Waals surface area (Å²) >= 11 is 6.42. The van der Waals surface area contributed by atoms with Gasteiger partial charge >= 0.3 is 0 Å². The molecular formula is C17H21ClN2. The zero-order valence-electron chi connectivity index (χ0n) is 12.4. The summed E-state index contributed by atoms with van der Waals surface area (Å²) in [5.74, 6) is 0. The topological polar surface area (TPSA) is 16.1 Å². The van der Waals surface area contributed by atoms with Crippen LogP contribution in [0.3, 0.4) is 0 Å². The Bertz CT molecular complexity index is 634. The van der Waals surface area contributed by atoms with Gasteiger partial charge in [-0.05, 0) is 44.4 Å². The summed E-state index contributed by atoms with van der Waals surface area (Å²) in [6, 6.07) is 8.65. The molecule has 2 nitrogen and oxygen atoms in total. The first kappa shape index (κ1) is 13.8. The first-order chi connectivity index (χ1) is 9.51. The van der Waals surface area contributed by atoms with Crippen LogP contribution in [0, 0.1) is 5.41 Å². The minimum Gasteiger partial charge on any atom is -0.299 e. The number of halogens is 1. The van der Waals surface area contributed by atoms with Crippen molar-refractivity contribution in [2.75, 3.05) is 7.05 Å². The molecule has 1 saturated carbocycles. The molecule has 0 spiro atoms. The van der Waals surface area contributed by atoms with E-state index < -0.39 is 0 Å². The summed E-state index contributed by atoms with van der Waals surface area (Å²) in [5, 5.41) is 1.97. The number of hydrogen-bond donors (Lipinski definition) is 0. The molecule has 20 heavy (non-hydrogen) atoms. The Balaban J connectivity index is 1.92. The molecular weight excluding hydrogens is 268 g/mol. The lowest BCUT2D eigenvalue weighted by Gasteiger charge is -2.30. The van der Waals surface area contributed by atoms with Gasteiger partial charge < -0.3 is 0 Å². The third-order valence-corrected chi connectivity index (χ3v) is 5.29. The average Bonchev–Trinajstić information content (AvgIpc) is 3.20. The molecule has 2 aromatic rings. The molecule has 1 aliphatic rings. The maximum Gasteiger partial charge on any atom is 0.0761 e. The molecule has 1 aromatic heterocycles. The van der Waals surface area contributed by atoms with E-state index in [2.05, 4.69) is 36.8 Å². The van der Waals surface area contributed by atoms with E-state index in [1.807, 2.05) is 24.4 Å². The number of rotatable bonds is 4. The van der Waals surface area contributed by atoms with E-state index in [1.165, 1.54) is 12.8 Å². The van der Waals surface area contributed by atoms with Crippen molar-refractivity contribution in [3.63, 3.8) is 0 Å². The maximum atomic E-state index is 6.42. The predicted molar refractivity (Wildman–Crippen MR) is 85.0 cm³/mol. The van der Waals surface area contributed by atoms with Crippen molar-refractivity contribution in [3.05, 3.63) is 41.0 Å². The SMILES string of the molecule is C[C@@H](N(C)Cc1c(Cl)ccc2cccnc12)C1(C)CC1. The summed E-state index contributed by atoms with van der Waals surface area (Å²) in [5.41, 5.74) is 2.66. The lowest BCUT2D eigenvalue weighted by atomic mass is 9.98. The van der Waals surface area contributed by atoms with Crippen LogP contribution in [0.25, 0.3) is 10.9 Å². The normalized spacial score (nSPS) is 18.4. The second-order valence-electron chi connectivity index (χ2n) is 6.35. The van der Waals surface area contributed by atoms with Crippen LogP contribution in [-0.2, 0) is 6.54 Å². The molecule has 1 atom stereocenters. The Morgan fingerprint density at radius 3 is 2.80 bits per heavy atom. The van der Waals surface area contributed by atoms with Gasteiger partial charge in [0.25, 0.3) is 0 Å². The molecule has 1 fully saturated rings. The van der Waals surface area contributed by atoms with Crippen LogP contribution in [0.15, 0.2) is 30.5 Å². The van der Waals surface area contributed by atoms with Gasteiger partial charge in [0.15, 0.2) is 0 Å². The molecule has 0 saturated heterocycles.